The fourth-order valence-corrected chi connectivity index (χ4v) is 2.51. The Kier molecular flexibility index (Phi) is 6.53. The summed E-state index contributed by atoms with van der Waals surface area (Å²) in [6.45, 7) is 6.77. The zero-order valence-electron chi connectivity index (χ0n) is 14.5. The fourth-order valence-electron chi connectivity index (χ4n) is 2.51. The SMILES string of the molecule is CC=O.COc1cc(C)c(C(=O)c2c(C)cc(C)cc2O)c(O)c1. The van der Waals surface area contributed by atoms with Crippen molar-refractivity contribution in [3.8, 4) is 17.2 Å². The lowest BCUT2D eigenvalue weighted by Gasteiger charge is -2.13. The van der Waals surface area contributed by atoms with Crippen molar-refractivity contribution in [2.75, 3.05) is 7.11 Å². The van der Waals surface area contributed by atoms with Crippen LogP contribution in [0.5, 0.6) is 17.2 Å². The van der Waals surface area contributed by atoms with E-state index >= 15 is 0 Å². The lowest BCUT2D eigenvalue weighted by Crippen LogP contribution is -2.07. The normalized spacial score (nSPS) is 9.71. The average Bonchev–Trinajstić information content (AvgIpc) is 2.46. The molecule has 0 fully saturated rings. The molecule has 2 rings (SSSR count). The lowest BCUT2D eigenvalue weighted by atomic mass is 9.93. The number of rotatable bonds is 3. The van der Waals surface area contributed by atoms with Gasteiger partial charge in [0, 0.05) is 6.07 Å². The molecule has 128 valence electrons. The molecule has 2 aromatic carbocycles. The van der Waals surface area contributed by atoms with Crippen molar-refractivity contribution in [1.82, 2.24) is 0 Å². The monoisotopic (exact) mass is 330 g/mol. The highest BCUT2D eigenvalue weighted by Gasteiger charge is 2.22. The molecular formula is C19H22O5. The van der Waals surface area contributed by atoms with Crippen LogP contribution in [0.4, 0.5) is 0 Å². The van der Waals surface area contributed by atoms with Crippen LogP contribution >= 0.6 is 0 Å². The lowest BCUT2D eigenvalue weighted by molar-refractivity contribution is -0.106. The molecule has 0 aromatic heterocycles. The van der Waals surface area contributed by atoms with Gasteiger partial charge in [-0.3, -0.25) is 4.79 Å². The highest BCUT2D eigenvalue weighted by Crippen LogP contribution is 2.33. The number of carbonyl (C=O) groups excluding carboxylic acids is 2. The Balaban J connectivity index is 0.000000891. The van der Waals surface area contributed by atoms with Gasteiger partial charge in [0.15, 0.2) is 0 Å². The van der Waals surface area contributed by atoms with Crippen LogP contribution in [-0.2, 0) is 4.79 Å². The van der Waals surface area contributed by atoms with E-state index in [1.807, 2.05) is 13.0 Å². The molecule has 2 N–H and O–H groups in total. The van der Waals surface area contributed by atoms with Crippen molar-refractivity contribution < 1.29 is 24.5 Å². The van der Waals surface area contributed by atoms with Gasteiger partial charge in [0.2, 0.25) is 5.78 Å². The number of aldehydes is 1. The zero-order chi connectivity index (χ0) is 18.4. The van der Waals surface area contributed by atoms with E-state index in [-0.39, 0.29) is 22.6 Å². The first-order chi connectivity index (χ1) is 11.3. The van der Waals surface area contributed by atoms with Crippen LogP contribution in [0.25, 0.3) is 0 Å². The van der Waals surface area contributed by atoms with E-state index in [1.54, 1.807) is 19.9 Å². The molecule has 5 heteroatoms. The van der Waals surface area contributed by atoms with Crippen molar-refractivity contribution >= 4 is 12.1 Å². The molecule has 0 aliphatic rings. The second kappa shape index (κ2) is 8.15. The summed E-state index contributed by atoms with van der Waals surface area (Å²) < 4.78 is 5.06. The van der Waals surface area contributed by atoms with Crippen LogP contribution in [0, 0.1) is 20.8 Å². The predicted molar refractivity (Wildman–Crippen MR) is 92.1 cm³/mol. The number of aromatic hydroxyl groups is 2. The van der Waals surface area contributed by atoms with Crippen LogP contribution < -0.4 is 4.74 Å². The molecule has 2 aromatic rings. The maximum atomic E-state index is 12.7. The number of phenols is 2. The third-order valence-electron chi connectivity index (χ3n) is 3.44. The van der Waals surface area contributed by atoms with Gasteiger partial charge in [-0.2, -0.15) is 0 Å². The number of carbonyl (C=O) groups is 2. The molecule has 0 aliphatic carbocycles. The van der Waals surface area contributed by atoms with Crippen LogP contribution in [0.3, 0.4) is 0 Å². The summed E-state index contributed by atoms with van der Waals surface area (Å²) in [5.74, 6) is -0.155. The molecule has 0 saturated heterocycles. The maximum Gasteiger partial charge on any atom is 0.201 e. The van der Waals surface area contributed by atoms with Gasteiger partial charge in [-0.05, 0) is 56.5 Å². The number of ketones is 1. The Morgan fingerprint density at radius 3 is 1.83 bits per heavy atom. The average molecular weight is 330 g/mol. The van der Waals surface area contributed by atoms with E-state index in [4.69, 9.17) is 9.53 Å². The third-order valence-corrected chi connectivity index (χ3v) is 3.44. The van der Waals surface area contributed by atoms with Crippen LogP contribution in [0.1, 0.15) is 39.5 Å². The molecule has 0 atom stereocenters. The molecule has 24 heavy (non-hydrogen) atoms. The number of ether oxygens (including phenoxy) is 1. The molecule has 0 heterocycles. The van der Waals surface area contributed by atoms with Crippen molar-refractivity contribution in [3.63, 3.8) is 0 Å². The van der Waals surface area contributed by atoms with Gasteiger partial charge >= 0.3 is 0 Å². The second-order valence-corrected chi connectivity index (χ2v) is 5.38. The number of phenolic OH excluding ortho intramolecular Hbond substituents is 2. The Bertz CT molecular complexity index is 716. The summed E-state index contributed by atoms with van der Waals surface area (Å²) in [6, 6.07) is 6.42. The fraction of sp³-hybridized carbons (Fsp3) is 0.263. The van der Waals surface area contributed by atoms with Gasteiger partial charge in [0.25, 0.3) is 0 Å². The quantitative estimate of drug-likeness (QED) is 0.665. The molecule has 0 saturated carbocycles. The summed E-state index contributed by atoms with van der Waals surface area (Å²) in [6.07, 6.45) is 0.750. The van der Waals surface area contributed by atoms with Gasteiger partial charge in [-0.25, -0.2) is 0 Å². The Morgan fingerprint density at radius 2 is 1.42 bits per heavy atom. The van der Waals surface area contributed by atoms with Crippen molar-refractivity contribution in [1.29, 1.82) is 0 Å². The number of hydrogen-bond acceptors (Lipinski definition) is 5. The molecule has 0 unspecified atom stereocenters. The first kappa shape index (κ1) is 19.2. The van der Waals surface area contributed by atoms with E-state index in [9.17, 15) is 15.0 Å². The number of hydrogen-bond donors (Lipinski definition) is 2. The van der Waals surface area contributed by atoms with Gasteiger partial charge in [0.1, 0.15) is 23.5 Å². The first-order valence-corrected chi connectivity index (χ1v) is 7.39. The summed E-state index contributed by atoms with van der Waals surface area (Å²) in [5, 5.41) is 20.1. The topological polar surface area (TPSA) is 83.8 Å². The van der Waals surface area contributed by atoms with Gasteiger partial charge < -0.3 is 19.7 Å². The molecule has 0 aliphatic heterocycles. The molecule has 5 nitrogen and oxygen atoms in total. The largest absolute Gasteiger partial charge is 0.507 e. The number of methoxy groups -OCH3 is 1. The number of aryl methyl sites for hydroxylation is 3. The minimum atomic E-state index is -0.400. The smallest absolute Gasteiger partial charge is 0.201 e. The van der Waals surface area contributed by atoms with Gasteiger partial charge in [-0.15, -0.1) is 0 Å². The Morgan fingerprint density at radius 1 is 0.958 bits per heavy atom. The number of benzene rings is 2. The minimum absolute atomic E-state index is 0.0767. The molecular weight excluding hydrogens is 308 g/mol. The van der Waals surface area contributed by atoms with Crippen molar-refractivity contribution in [2.45, 2.75) is 27.7 Å². The highest BCUT2D eigenvalue weighted by atomic mass is 16.5. The van der Waals surface area contributed by atoms with E-state index in [1.165, 1.54) is 26.2 Å². The van der Waals surface area contributed by atoms with Crippen LogP contribution in [0.2, 0.25) is 0 Å². The standard InChI is InChI=1S/C17H18O4.C2H4O/c1-9-5-10(2)15(13(18)6-9)17(20)16-11(3)7-12(21-4)8-14(16)19;1-2-3/h5-8,18-19H,1-4H3;2H,1H3. The minimum Gasteiger partial charge on any atom is -0.507 e. The summed E-state index contributed by atoms with van der Waals surface area (Å²) in [5.41, 5.74) is 2.53. The van der Waals surface area contributed by atoms with E-state index < -0.39 is 5.78 Å². The van der Waals surface area contributed by atoms with Crippen molar-refractivity contribution in [2.24, 2.45) is 0 Å². The summed E-state index contributed by atoms with van der Waals surface area (Å²) >= 11 is 0. The summed E-state index contributed by atoms with van der Waals surface area (Å²) in [4.78, 5) is 21.5. The van der Waals surface area contributed by atoms with E-state index in [0.717, 1.165) is 11.8 Å². The van der Waals surface area contributed by atoms with Crippen LogP contribution in [0.15, 0.2) is 24.3 Å². The van der Waals surface area contributed by atoms with Gasteiger partial charge in [0.05, 0.1) is 18.2 Å². The first-order valence-electron chi connectivity index (χ1n) is 7.39. The highest BCUT2D eigenvalue weighted by molar-refractivity contribution is 6.14. The van der Waals surface area contributed by atoms with E-state index in [0.29, 0.717) is 16.9 Å². The Labute approximate surface area is 141 Å². The Hall–Kier alpha value is -2.82. The van der Waals surface area contributed by atoms with Gasteiger partial charge in [-0.1, -0.05) is 6.07 Å². The molecule has 0 radical (unpaired) electrons. The molecule has 0 spiro atoms. The maximum absolute atomic E-state index is 12.7. The molecule has 0 amide bonds. The van der Waals surface area contributed by atoms with Crippen molar-refractivity contribution in [3.05, 3.63) is 52.1 Å². The van der Waals surface area contributed by atoms with E-state index in [2.05, 4.69) is 0 Å². The second-order valence-electron chi connectivity index (χ2n) is 5.38. The van der Waals surface area contributed by atoms with Crippen LogP contribution in [-0.4, -0.2) is 29.4 Å². The predicted octanol–water partition coefficient (Wildman–Crippen LogP) is 3.47. The summed E-state index contributed by atoms with van der Waals surface area (Å²) in [7, 11) is 1.49. The third kappa shape index (κ3) is 4.13. The molecule has 0 bridgehead atoms. The zero-order valence-corrected chi connectivity index (χ0v) is 14.5.